The zero-order valence-corrected chi connectivity index (χ0v) is 26.3. The Morgan fingerprint density at radius 3 is 1.92 bits per heavy atom. The topological polar surface area (TPSA) is 48.6 Å². The standard InChI is InChI=1S/C17H26FN3.C8H11FN2.3C2H6/c1-13-6-7-15(19-16(13)18)21-10-8-20(9-11-21)14(2)12-17(3,4)5;1-5-4-7(9)8(10)11(3)6(5)2;3*1-2/h6-7H,2,8-12H2,1,3-5H3;4H,2,10H2,1,3H3;3*1-2H3. The number of anilines is 1. The van der Waals surface area contributed by atoms with E-state index in [0.29, 0.717) is 5.56 Å². The fourth-order valence-electron chi connectivity index (χ4n) is 3.56. The van der Waals surface area contributed by atoms with Crippen LogP contribution in [0.1, 0.15) is 81.2 Å². The van der Waals surface area contributed by atoms with Crippen molar-refractivity contribution in [3.8, 4) is 0 Å². The molecule has 1 aromatic heterocycles. The summed E-state index contributed by atoms with van der Waals surface area (Å²) < 4.78 is 26.4. The van der Waals surface area contributed by atoms with Crippen molar-refractivity contribution in [1.29, 1.82) is 0 Å². The Morgan fingerprint density at radius 2 is 1.47 bits per heavy atom. The smallest absolute Gasteiger partial charge is 0.217 e. The molecule has 0 aliphatic carbocycles. The largest absolute Gasteiger partial charge is 0.383 e. The fraction of sp³-hybridized carbons (Fsp3) is 0.581. The number of halogens is 2. The molecule has 38 heavy (non-hydrogen) atoms. The molecule has 2 aliphatic rings. The molecule has 1 fully saturated rings. The van der Waals surface area contributed by atoms with Crippen molar-refractivity contribution >= 4 is 5.82 Å². The Labute approximate surface area is 232 Å². The number of rotatable bonds is 3. The summed E-state index contributed by atoms with van der Waals surface area (Å²) in [5.41, 5.74) is 9.00. The number of aryl methyl sites for hydroxylation is 1. The number of allylic oxidation sites excluding steroid dienone is 4. The van der Waals surface area contributed by atoms with Crippen LogP contribution in [-0.2, 0) is 0 Å². The van der Waals surface area contributed by atoms with Crippen LogP contribution in [0.25, 0.3) is 0 Å². The summed E-state index contributed by atoms with van der Waals surface area (Å²) in [7, 11) is 1.69. The second-order valence-electron chi connectivity index (χ2n) is 9.62. The van der Waals surface area contributed by atoms with E-state index in [9.17, 15) is 8.78 Å². The van der Waals surface area contributed by atoms with E-state index in [4.69, 9.17) is 5.73 Å². The molecule has 0 bridgehead atoms. The highest BCUT2D eigenvalue weighted by molar-refractivity contribution is 5.40. The van der Waals surface area contributed by atoms with Gasteiger partial charge in [-0.3, -0.25) is 0 Å². The first-order valence-corrected chi connectivity index (χ1v) is 13.9. The lowest BCUT2D eigenvalue weighted by atomic mass is 9.90. The molecule has 218 valence electrons. The van der Waals surface area contributed by atoms with Crippen LogP contribution in [0, 0.1) is 18.3 Å². The monoisotopic (exact) mass is 535 g/mol. The first-order valence-electron chi connectivity index (χ1n) is 13.9. The summed E-state index contributed by atoms with van der Waals surface area (Å²) in [6.07, 6.45) is 2.39. The van der Waals surface area contributed by atoms with Crippen LogP contribution in [-0.4, -0.2) is 48.0 Å². The number of hydrogen-bond acceptors (Lipinski definition) is 5. The highest BCUT2D eigenvalue weighted by Crippen LogP contribution is 2.26. The fourth-order valence-corrected chi connectivity index (χ4v) is 3.56. The molecule has 3 heterocycles. The average Bonchev–Trinajstić information content (AvgIpc) is 2.91. The molecule has 2 N–H and O–H groups in total. The molecule has 5 nitrogen and oxygen atoms in total. The van der Waals surface area contributed by atoms with Crippen molar-refractivity contribution in [2.24, 2.45) is 11.1 Å². The van der Waals surface area contributed by atoms with E-state index in [0.717, 1.165) is 49.7 Å². The van der Waals surface area contributed by atoms with Crippen molar-refractivity contribution < 1.29 is 8.78 Å². The second-order valence-corrected chi connectivity index (χ2v) is 9.62. The van der Waals surface area contributed by atoms with Crippen LogP contribution in [0.2, 0.25) is 0 Å². The summed E-state index contributed by atoms with van der Waals surface area (Å²) in [6, 6.07) is 3.70. The highest BCUT2D eigenvalue weighted by Gasteiger charge is 2.22. The maximum atomic E-state index is 13.6. The molecular formula is C31H55F2N5. The van der Waals surface area contributed by atoms with E-state index in [1.54, 1.807) is 27.0 Å². The third kappa shape index (κ3) is 12.1. The lowest BCUT2D eigenvalue weighted by Gasteiger charge is -2.39. The first-order chi connectivity index (χ1) is 17.8. The number of hydrogen-bond donors (Lipinski definition) is 1. The molecule has 0 atom stereocenters. The van der Waals surface area contributed by atoms with Crippen LogP contribution in [0.5, 0.6) is 0 Å². The summed E-state index contributed by atoms with van der Waals surface area (Å²) in [5.74, 6) is 0.101. The van der Waals surface area contributed by atoms with E-state index in [-0.39, 0.29) is 17.2 Å². The lowest BCUT2D eigenvalue weighted by Crippen LogP contribution is -2.46. The predicted molar refractivity (Wildman–Crippen MR) is 163 cm³/mol. The van der Waals surface area contributed by atoms with Gasteiger partial charge in [-0.2, -0.15) is 4.39 Å². The van der Waals surface area contributed by atoms with Gasteiger partial charge in [-0.15, -0.1) is 0 Å². The first kappa shape index (κ1) is 37.3. The van der Waals surface area contributed by atoms with Gasteiger partial charge in [0, 0.05) is 50.2 Å². The number of piperazine rings is 1. The zero-order valence-electron chi connectivity index (χ0n) is 26.3. The van der Waals surface area contributed by atoms with Crippen molar-refractivity contribution in [3.05, 3.63) is 71.5 Å². The SMILES string of the molecule is C=C(CC(C)(C)C)N1CCN(c2ccc(C)c(F)n2)CC1.C=C1C(C)=CC(F)=C(N)N1C.CC.CC.CC. The number of pyridine rings is 1. The molecular weight excluding hydrogens is 480 g/mol. The van der Waals surface area contributed by atoms with Gasteiger partial charge in [0.25, 0.3) is 0 Å². The number of aromatic nitrogens is 1. The summed E-state index contributed by atoms with van der Waals surface area (Å²) >= 11 is 0. The Morgan fingerprint density at radius 1 is 0.974 bits per heavy atom. The quantitative estimate of drug-likeness (QED) is 0.396. The van der Waals surface area contributed by atoms with Crippen molar-refractivity contribution in [3.63, 3.8) is 0 Å². The zero-order chi connectivity index (χ0) is 30.2. The highest BCUT2D eigenvalue weighted by atomic mass is 19.1. The Balaban J connectivity index is 0. The van der Waals surface area contributed by atoms with Gasteiger partial charge in [-0.05, 0) is 43.4 Å². The van der Waals surface area contributed by atoms with Gasteiger partial charge in [0.2, 0.25) is 5.95 Å². The van der Waals surface area contributed by atoms with Crippen LogP contribution >= 0.6 is 0 Å². The number of likely N-dealkylation sites (N-methyl/N-ethyl adjacent to an activating group) is 1. The molecule has 3 rings (SSSR count). The molecule has 0 amide bonds. The minimum atomic E-state index is -0.391. The molecule has 0 aromatic carbocycles. The molecule has 0 unspecified atom stereocenters. The minimum Gasteiger partial charge on any atom is -0.383 e. The molecule has 7 heteroatoms. The number of nitrogens with two attached hydrogens (primary N) is 1. The van der Waals surface area contributed by atoms with E-state index in [1.165, 1.54) is 16.7 Å². The molecule has 1 aromatic rings. The Bertz CT molecular complexity index is 921. The van der Waals surface area contributed by atoms with E-state index >= 15 is 0 Å². The summed E-state index contributed by atoms with van der Waals surface area (Å²) in [5, 5.41) is 0. The molecule has 0 spiro atoms. The predicted octanol–water partition coefficient (Wildman–Crippen LogP) is 8.17. The third-order valence-corrected chi connectivity index (χ3v) is 5.62. The minimum absolute atomic E-state index is 0.126. The lowest BCUT2D eigenvalue weighted by molar-refractivity contribution is 0.276. The average molecular weight is 536 g/mol. The van der Waals surface area contributed by atoms with Gasteiger partial charge in [0.15, 0.2) is 5.83 Å². The third-order valence-electron chi connectivity index (χ3n) is 5.62. The summed E-state index contributed by atoms with van der Waals surface area (Å²) in [6.45, 7) is 33.7. The van der Waals surface area contributed by atoms with Gasteiger partial charge in [-0.1, -0.05) is 81.5 Å². The Hall–Kier alpha value is -2.83. The molecule has 2 aliphatic heterocycles. The van der Waals surface area contributed by atoms with E-state index < -0.39 is 5.83 Å². The van der Waals surface area contributed by atoms with Crippen molar-refractivity contribution in [1.82, 2.24) is 14.8 Å². The maximum absolute atomic E-state index is 13.6. The van der Waals surface area contributed by atoms with Gasteiger partial charge in [0.1, 0.15) is 11.6 Å². The normalized spacial score (nSPS) is 14.9. The molecule has 1 saturated heterocycles. The van der Waals surface area contributed by atoms with Gasteiger partial charge in [-0.25, -0.2) is 9.37 Å². The van der Waals surface area contributed by atoms with E-state index in [2.05, 4.69) is 48.7 Å². The van der Waals surface area contributed by atoms with Crippen LogP contribution in [0.4, 0.5) is 14.6 Å². The van der Waals surface area contributed by atoms with Crippen LogP contribution < -0.4 is 10.6 Å². The maximum Gasteiger partial charge on any atom is 0.217 e. The van der Waals surface area contributed by atoms with Crippen molar-refractivity contribution in [2.45, 2.75) is 82.6 Å². The number of nitrogens with zero attached hydrogens (tertiary/aromatic N) is 4. The van der Waals surface area contributed by atoms with Gasteiger partial charge in [0.05, 0.1) is 0 Å². The molecule has 0 saturated carbocycles. The van der Waals surface area contributed by atoms with E-state index in [1.807, 2.05) is 47.6 Å². The Kier molecular flexibility index (Phi) is 18.1. The van der Waals surface area contributed by atoms with Crippen LogP contribution in [0.3, 0.4) is 0 Å². The van der Waals surface area contributed by atoms with Gasteiger partial charge < -0.3 is 20.4 Å². The van der Waals surface area contributed by atoms with Crippen LogP contribution in [0.15, 0.2) is 60.0 Å². The van der Waals surface area contributed by atoms with Crippen molar-refractivity contribution in [2.75, 3.05) is 38.1 Å². The summed E-state index contributed by atoms with van der Waals surface area (Å²) in [4.78, 5) is 10.1. The molecule has 0 radical (unpaired) electrons. The second kappa shape index (κ2) is 18.4. The van der Waals surface area contributed by atoms with Gasteiger partial charge >= 0.3 is 0 Å².